The number of amidine groups is 1. The molecule has 2 aliphatic heterocycles. The second-order valence-electron chi connectivity index (χ2n) is 10.6. The van der Waals surface area contributed by atoms with Gasteiger partial charge in [-0.25, -0.2) is 4.79 Å². The van der Waals surface area contributed by atoms with Crippen LogP contribution in [-0.2, 0) is 4.79 Å². The van der Waals surface area contributed by atoms with Crippen molar-refractivity contribution >= 4 is 40.3 Å². The van der Waals surface area contributed by atoms with Crippen molar-refractivity contribution in [2.75, 3.05) is 19.6 Å². The number of fused-ring (bicyclic) bond motifs is 1. The molecule has 2 N–H and O–H groups in total. The minimum atomic E-state index is -0.559. The molecule has 10 heteroatoms. The number of aromatic nitrogens is 1. The fourth-order valence-electron chi connectivity index (χ4n) is 5.60. The van der Waals surface area contributed by atoms with Crippen LogP contribution in [0.2, 0.25) is 5.02 Å². The third kappa shape index (κ3) is 5.06. The van der Waals surface area contributed by atoms with Gasteiger partial charge in [0.05, 0.1) is 29.3 Å². The molecule has 0 bridgehead atoms. The molecule has 0 aliphatic carbocycles. The van der Waals surface area contributed by atoms with Gasteiger partial charge in [-0.1, -0.05) is 41.9 Å². The van der Waals surface area contributed by atoms with E-state index in [1.165, 1.54) is 0 Å². The molecule has 2 unspecified atom stereocenters. The highest BCUT2D eigenvalue weighted by Gasteiger charge is 2.45. The molecule has 0 spiro atoms. The van der Waals surface area contributed by atoms with E-state index in [1.54, 1.807) is 40.1 Å². The Morgan fingerprint density at radius 2 is 1.93 bits per heavy atom. The SMILES string of the molecule is CC(C)Oc1cc(C#N)ccc1C1=NC(c2c[nH]c3ccccc23)C(c2ccc(Cl)cc2)N1C(=O)N1CCNC(=O)C1. The van der Waals surface area contributed by atoms with Crippen molar-refractivity contribution in [1.82, 2.24) is 20.1 Å². The van der Waals surface area contributed by atoms with Crippen molar-refractivity contribution in [3.05, 3.63) is 100 Å². The third-order valence-electron chi connectivity index (χ3n) is 7.45. The molecule has 3 amide bonds. The van der Waals surface area contributed by atoms with E-state index in [-0.39, 0.29) is 24.6 Å². The molecule has 212 valence electrons. The van der Waals surface area contributed by atoms with Crippen LogP contribution in [0.15, 0.2) is 77.9 Å². The Bertz CT molecular complexity index is 1740. The van der Waals surface area contributed by atoms with E-state index in [2.05, 4.69) is 16.4 Å². The number of benzene rings is 3. The lowest BCUT2D eigenvalue weighted by Gasteiger charge is -2.35. The average molecular weight is 581 g/mol. The average Bonchev–Trinajstić information content (AvgIpc) is 3.59. The number of halogens is 1. The van der Waals surface area contributed by atoms with Gasteiger partial charge in [0.2, 0.25) is 5.91 Å². The van der Waals surface area contributed by atoms with Crippen LogP contribution in [0.4, 0.5) is 4.79 Å². The Morgan fingerprint density at radius 3 is 2.67 bits per heavy atom. The molecule has 1 aromatic heterocycles. The maximum absolute atomic E-state index is 14.5. The summed E-state index contributed by atoms with van der Waals surface area (Å²) in [6.45, 7) is 4.47. The van der Waals surface area contributed by atoms with Crippen LogP contribution in [-0.4, -0.2) is 58.3 Å². The van der Waals surface area contributed by atoms with Crippen molar-refractivity contribution in [3.8, 4) is 11.8 Å². The first kappa shape index (κ1) is 27.4. The highest BCUT2D eigenvalue weighted by Crippen LogP contribution is 2.47. The predicted octanol–water partition coefficient (Wildman–Crippen LogP) is 5.58. The molecule has 0 saturated carbocycles. The number of para-hydroxylation sites is 1. The molecular formula is C32H29ClN6O3. The van der Waals surface area contributed by atoms with E-state index < -0.39 is 12.1 Å². The molecule has 2 atom stereocenters. The highest BCUT2D eigenvalue weighted by atomic mass is 35.5. The van der Waals surface area contributed by atoms with Crippen molar-refractivity contribution in [2.24, 2.45) is 4.99 Å². The maximum Gasteiger partial charge on any atom is 0.326 e. The Kier molecular flexibility index (Phi) is 7.31. The lowest BCUT2D eigenvalue weighted by Crippen LogP contribution is -2.55. The van der Waals surface area contributed by atoms with Gasteiger partial charge in [0, 0.05) is 40.8 Å². The Balaban J connectivity index is 1.58. The molecule has 6 rings (SSSR count). The van der Waals surface area contributed by atoms with Gasteiger partial charge < -0.3 is 19.9 Å². The normalized spacial score (nSPS) is 18.6. The Hall–Kier alpha value is -4.81. The number of rotatable bonds is 5. The van der Waals surface area contributed by atoms with Gasteiger partial charge in [-0.15, -0.1) is 0 Å². The summed E-state index contributed by atoms with van der Waals surface area (Å²) in [5.41, 5.74) is 3.73. The zero-order chi connectivity index (χ0) is 29.4. The fraction of sp³-hybridized carbons (Fsp3) is 0.250. The van der Waals surface area contributed by atoms with Crippen LogP contribution >= 0.6 is 11.6 Å². The molecular weight excluding hydrogens is 552 g/mol. The molecule has 1 saturated heterocycles. The second kappa shape index (κ2) is 11.2. The highest BCUT2D eigenvalue weighted by molar-refractivity contribution is 6.30. The van der Waals surface area contributed by atoms with Gasteiger partial charge in [0.15, 0.2) is 0 Å². The van der Waals surface area contributed by atoms with E-state index in [0.29, 0.717) is 40.8 Å². The molecule has 4 aromatic rings. The smallest absolute Gasteiger partial charge is 0.326 e. The first-order valence-electron chi connectivity index (χ1n) is 13.8. The predicted molar refractivity (Wildman–Crippen MR) is 161 cm³/mol. The third-order valence-corrected chi connectivity index (χ3v) is 7.70. The van der Waals surface area contributed by atoms with Gasteiger partial charge in [0.25, 0.3) is 0 Å². The standard InChI is InChI=1S/C32H29ClN6O3/c1-19(2)42-27-15-20(16-34)7-12-24(27)31-37-29(25-17-36-26-6-4-3-5-23(25)26)30(21-8-10-22(33)11-9-21)39(31)32(41)38-14-13-35-28(40)18-38/h3-12,15,17,19,29-30,36H,13-14,18H2,1-2H3,(H,35,40). The first-order valence-corrected chi connectivity index (χ1v) is 14.2. The zero-order valence-corrected chi connectivity index (χ0v) is 23.9. The number of urea groups is 1. The van der Waals surface area contributed by atoms with E-state index >= 15 is 0 Å². The van der Waals surface area contributed by atoms with Crippen LogP contribution in [0, 0.1) is 11.3 Å². The van der Waals surface area contributed by atoms with Gasteiger partial charge >= 0.3 is 6.03 Å². The van der Waals surface area contributed by atoms with Crippen LogP contribution in [0.25, 0.3) is 10.9 Å². The molecule has 0 radical (unpaired) electrons. The lowest BCUT2D eigenvalue weighted by molar-refractivity contribution is -0.123. The lowest BCUT2D eigenvalue weighted by atomic mass is 9.93. The summed E-state index contributed by atoms with van der Waals surface area (Å²) in [4.78, 5) is 38.6. The van der Waals surface area contributed by atoms with Crippen LogP contribution in [0.3, 0.4) is 0 Å². The summed E-state index contributed by atoms with van der Waals surface area (Å²) < 4.78 is 6.17. The number of amides is 3. The van der Waals surface area contributed by atoms with Crippen molar-refractivity contribution in [3.63, 3.8) is 0 Å². The van der Waals surface area contributed by atoms with Gasteiger partial charge in [-0.05, 0) is 55.8 Å². The minimum Gasteiger partial charge on any atom is -0.490 e. The number of carbonyl (C=O) groups is 2. The van der Waals surface area contributed by atoms with Gasteiger partial charge in [-0.2, -0.15) is 5.26 Å². The number of nitrogens with one attached hydrogen (secondary N) is 2. The van der Waals surface area contributed by atoms with Crippen LogP contribution < -0.4 is 10.1 Å². The second-order valence-corrected chi connectivity index (χ2v) is 11.0. The number of aromatic amines is 1. The zero-order valence-electron chi connectivity index (χ0n) is 23.2. The molecule has 3 aromatic carbocycles. The van der Waals surface area contributed by atoms with E-state index in [9.17, 15) is 14.9 Å². The number of H-pyrrole nitrogens is 1. The van der Waals surface area contributed by atoms with Crippen LogP contribution in [0.5, 0.6) is 5.75 Å². The molecule has 9 nitrogen and oxygen atoms in total. The number of nitriles is 1. The molecule has 42 heavy (non-hydrogen) atoms. The Morgan fingerprint density at radius 1 is 1.14 bits per heavy atom. The summed E-state index contributed by atoms with van der Waals surface area (Å²) in [6, 6.07) is 21.3. The Labute approximate surface area is 248 Å². The van der Waals surface area contributed by atoms with Crippen molar-refractivity contribution in [1.29, 1.82) is 5.26 Å². The molecule has 3 heterocycles. The topological polar surface area (TPSA) is 114 Å². The number of carbonyl (C=O) groups excluding carboxylic acids is 2. The number of hydrogen-bond acceptors (Lipinski definition) is 5. The first-order chi connectivity index (χ1) is 20.3. The largest absolute Gasteiger partial charge is 0.490 e. The summed E-state index contributed by atoms with van der Waals surface area (Å²) in [5.74, 6) is 0.637. The number of nitrogens with zero attached hydrogens (tertiary/aromatic N) is 4. The van der Waals surface area contributed by atoms with E-state index in [1.807, 2.05) is 56.4 Å². The van der Waals surface area contributed by atoms with Gasteiger partial charge in [-0.3, -0.25) is 14.7 Å². The fourth-order valence-corrected chi connectivity index (χ4v) is 5.72. The number of ether oxygens (including phenoxy) is 1. The molecule has 1 fully saturated rings. The monoisotopic (exact) mass is 580 g/mol. The van der Waals surface area contributed by atoms with E-state index in [4.69, 9.17) is 21.3 Å². The quantitative estimate of drug-likeness (QED) is 0.321. The minimum absolute atomic E-state index is 0.0591. The number of piperazine rings is 1. The van der Waals surface area contributed by atoms with E-state index in [0.717, 1.165) is 22.0 Å². The summed E-state index contributed by atoms with van der Waals surface area (Å²) in [7, 11) is 0. The number of aliphatic imine (C=N–C) groups is 1. The summed E-state index contributed by atoms with van der Waals surface area (Å²) in [5, 5.41) is 14.0. The van der Waals surface area contributed by atoms with Crippen molar-refractivity contribution < 1.29 is 14.3 Å². The summed E-state index contributed by atoms with van der Waals surface area (Å²) in [6.07, 6.45) is 1.75. The van der Waals surface area contributed by atoms with Crippen molar-refractivity contribution in [2.45, 2.75) is 32.0 Å². The maximum atomic E-state index is 14.5. The van der Waals surface area contributed by atoms with Gasteiger partial charge in [0.1, 0.15) is 24.2 Å². The number of hydrogen-bond donors (Lipinski definition) is 2. The van der Waals surface area contributed by atoms with Crippen LogP contribution in [0.1, 0.15) is 48.2 Å². The molecule has 2 aliphatic rings. The summed E-state index contributed by atoms with van der Waals surface area (Å²) >= 11 is 6.28.